The van der Waals surface area contributed by atoms with Gasteiger partial charge in [0.25, 0.3) is 0 Å². The average Bonchev–Trinajstić information content (AvgIpc) is 3.04. The molecule has 0 saturated heterocycles. The topological polar surface area (TPSA) is 49.4 Å². The number of amides is 1. The molecule has 0 unspecified atom stereocenters. The number of fused-ring (bicyclic) bond motifs is 1. The molecule has 0 bridgehead atoms. The van der Waals surface area contributed by atoms with E-state index in [1.54, 1.807) is 23.1 Å². The molecule has 0 fully saturated rings. The maximum Gasteiger partial charge on any atom is 0.227 e. The average molecular weight is 483 g/mol. The van der Waals surface area contributed by atoms with Crippen LogP contribution in [0.3, 0.4) is 0 Å². The second kappa shape index (κ2) is 10.5. The molecule has 1 heterocycles. The van der Waals surface area contributed by atoms with Crippen LogP contribution in [0, 0.1) is 5.82 Å². The predicted molar refractivity (Wildman–Crippen MR) is 141 cm³/mol. The summed E-state index contributed by atoms with van der Waals surface area (Å²) in [6.45, 7) is 2.10. The SMILES string of the molecule is CCCCCC(=O)N1c2ccccc2NC2=C(C(=O)C[C@@H](c3ccccc3)C2)[C@@H]1c1ccccc1F. The molecule has 4 nitrogen and oxygen atoms in total. The van der Waals surface area contributed by atoms with E-state index in [0.29, 0.717) is 36.1 Å². The van der Waals surface area contributed by atoms with Crippen LogP contribution in [-0.4, -0.2) is 11.7 Å². The van der Waals surface area contributed by atoms with Crippen molar-refractivity contribution >= 4 is 23.1 Å². The van der Waals surface area contributed by atoms with E-state index >= 15 is 4.39 Å². The van der Waals surface area contributed by atoms with Crippen LogP contribution in [-0.2, 0) is 9.59 Å². The van der Waals surface area contributed by atoms with Crippen LogP contribution in [0.5, 0.6) is 0 Å². The van der Waals surface area contributed by atoms with Crippen molar-refractivity contribution in [2.75, 3.05) is 10.2 Å². The normalized spacial score (nSPS) is 19.3. The van der Waals surface area contributed by atoms with Gasteiger partial charge in [-0.25, -0.2) is 4.39 Å². The van der Waals surface area contributed by atoms with Crippen LogP contribution in [0.1, 0.15) is 68.5 Å². The zero-order chi connectivity index (χ0) is 25.1. The van der Waals surface area contributed by atoms with Gasteiger partial charge in [-0.3, -0.25) is 14.5 Å². The smallest absolute Gasteiger partial charge is 0.227 e. The maximum atomic E-state index is 15.4. The number of nitrogens with zero attached hydrogens (tertiary/aromatic N) is 1. The highest BCUT2D eigenvalue weighted by Gasteiger charge is 2.42. The largest absolute Gasteiger partial charge is 0.357 e. The Bertz CT molecular complexity index is 1300. The predicted octanol–water partition coefficient (Wildman–Crippen LogP) is 7.31. The fourth-order valence-corrected chi connectivity index (χ4v) is 5.46. The van der Waals surface area contributed by atoms with Gasteiger partial charge in [0.15, 0.2) is 5.78 Å². The fraction of sp³-hybridized carbons (Fsp3) is 0.290. The lowest BCUT2D eigenvalue weighted by Crippen LogP contribution is -2.38. The summed E-state index contributed by atoms with van der Waals surface area (Å²) in [5, 5.41) is 3.51. The Kier molecular flexibility index (Phi) is 6.99. The van der Waals surface area contributed by atoms with Gasteiger partial charge in [0.2, 0.25) is 5.91 Å². The van der Waals surface area contributed by atoms with Gasteiger partial charge >= 0.3 is 0 Å². The number of hydrogen-bond donors (Lipinski definition) is 1. The zero-order valence-corrected chi connectivity index (χ0v) is 20.5. The van der Waals surface area contributed by atoms with Crippen LogP contribution in [0.25, 0.3) is 0 Å². The number of unbranched alkanes of at least 4 members (excludes halogenated alkanes) is 2. The number of carbonyl (C=O) groups excluding carboxylic acids is 2. The van der Waals surface area contributed by atoms with Gasteiger partial charge in [0.1, 0.15) is 5.82 Å². The third-order valence-corrected chi connectivity index (χ3v) is 7.22. The molecule has 5 rings (SSSR count). The van der Waals surface area contributed by atoms with Crippen molar-refractivity contribution in [1.29, 1.82) is 0 Å². The first kappa shape index (κ1) is 24.0. The van der Waals surface area contributed by atoms with Crippen molar-refractivity contribution in [1.82, 2.24) is 0 Å². The summed E-state index contributed by atoms with van der Waals surface area (Å²) in [5.74, 6) is -0.550. The summed E-state index contributed by atoms with van der Waals surface area (Å²) in [4.78, 5) is 29.3. The maximum absolute atomic E-state index is 15.4. The molecule has 1 N–H and O–H groups in total. The molecule has 2 atom stereocenters. The molecule has 0 aromatic heterocycles. The lowest BCUT2D eigenvalue weighted by atomic mass is 9.78. The van der Waals surface area contributed by atoms with E-state index in [2.05, 4.69) is 12.2 Å². The minimum atomic E-state index is -0.823. The van der Waals surface area contributed by atoms with E-state index in [1.165, 1.54) is 6.07 Å². The van der Waals surface area contributed by atoms with Crippen LogP contribution < -0.4 is 10.2 Å². The zero-order valence-electron chi connectivity index (χ0n) is 20.5. The monoisotopic (exact) mass is 482 g/mol. The highest BCUT2D eigenvalue weighted by atomic mass is 19.1. The first-order valence-corrected chi connectivity index (χ1v) is 12.8. The second-order valence-corrected chi connectivity index (χ2v) is 9.62. The summed E-state index contributed by atoms with van der Waals surface area (Å²) < 4.78 is 15.4. The number of rotatable bonds is 6. The van der Waals surface area contributed by atoms with Crippen LogP contribution in [0.2, 0.25) is 0 Å². The molecule has 36 heavy (non-hydrogen) atoms. The Morgan fingerprint density at radius 3 is 2.44 bits per heavy atom. The fourth-order valence-electron chi connectivity index (χ4n) is 5.46. The molecule has 0 spiro atoms. The number of carbonyl (C=O) groups is 2. The highest BCUT2D eigenvalue weighted by molar-refractivity contribution is 6.06. The van der Waals surface area contributed by atoms with E-state index in [1.807, 2.05) is 54.6 Å². The van der Waals surface area contributed by atoms with Gasteiger partial charge in [-0.15, -0.1) is 0 Å². The molecule has 5 heteroatoms. The Morgan fingerprint density at radius 1 is 0.944 bits per heavy atom. The van der Waals surface area contributed by atoms with Crippen LogP contribution >= 0.6 is 0 Å². The van der Waals surface area contributed by atoms with E-state index in [-0.39, 0.29) is 17.6 Å². The summed E-state index contributed by atoms with van der Waals surface area (Å²) in [7, 11) is 0. The molecule has 0 radical (unpaired) electrons. The van der Waals surface area contributed by atoms with Gasteiger partial charge in [0.05, 0.1) is 17.4 Å². The number of Topliss-reactive ketones (excluding diaryl/α,β-unsaturated/α-hetero) is 1. The number of nitrogens with one attached hydrogen (secondary N) is 1. The van der Waals surface area contributed by atoms with E-state index < -0.39 is 11.9 Å². The molecule has 3 aromatic carbocycles. The number of ketones is 1. The van der Waals surface area contributed by atoms with E-state index in [4.69, 9.17) is 0 Å². The van der Waals surface area contributed by atoms with Crippen molar-refractivity contribution in [3.8, 4) is 0 Å². The minimum absolute atomic E-state index is 0.0187. The molecular weight excluding hydrogens is 451 g/mol. The van der Waals surface area contributed by atoms with Crippen molar-refractivity contribution in [2.24, 2.45) is 0 Å². The number of para-hydroxylation sites is 2. The molecule has 3 aromatic rings. The van der Waals surface area contributed by atoms with Crippen molar-refractivity contribution < 1.29 is 14.0 Å². The third kappa shape index (κ3) is 4.58. The van der Waals surface area contributed by atoms with Crippen molar-refractivity contribution in [3.63, 3.8) is 0 Å². The molecule has 0 saturated carbocycles. The molecule has 1 aliphatic carbocycles. The van der Waals surface area contributed by atoms with Gasteiger partial charge in [0, 0.05) is 29.7 Å². The number of hydrogen-bond acceptors (Lipinski definition) is 3. The van der Waals surface area contributed by atoms with Gasteiger partial charge in [-0.2, -0.15) is 0 Å². The molecule has 1 aliphatic heterocycles. The molecular formula is C31H31FN2O2. The Labute approximate surface area is 211 Å². The van der Waals surface area contributed by atoms with Crippen LogP contribution in [0.4, 0.5) is 15.8 Å². The Hall–Kier alpha value is -3.73. The summed E-state index contributed by atoms with van der Waals surface area (Å²) in [6, 6.07) is 23.3. The molecule has 1 amide bonds. The third-order valence-electron chi connectivity index (χ3n) is 7.22. The quantitative estimate of drug-likeness (QED) is 0.375. The highest BCUT2D eigenvalue weighted by Crippen LogP contribution is 2.48. The number of anilines is 2. The number of benzene rings is 3. The lowest BCUT2D eigenvalue weighted by molar-refractivity contribution is -0.119. The van der Waals surface area contributed by atoms with Gasteiger partial charge in [-0.05, 0) is 42.5 Å². The van der Waals surface area contributed by atoms with Crippen molar-refractivity contribution in [3.05, 3.63) is 107 Å². The summed E-state index contributed by atoms with van der Waals surface area (Å²) in [6.07, 6.45) is 3.97. The van der Waals surface area contributed by atoms with E-state index in [0.717, 1.165) is 36.2 Å². The summed E-state index contributed by atoms with van der Waals surface area (Å²) in [5.41, 5.74) is 4.14. The standard InChI is InChI=1S/C31H31FN2O2/c1-2-3-5-18-29(36)34-27-17-11-10-16-25(27)33-26-19-22(21-12-6-4-7-13-21)20-28(35)30(26)31(34)23-14-8-9-15-24(23)32/h4,6-17,22,31,33H,2-3,5,18-20H2,1H3/t22-,31-/m0/s1. The molecule has 184 valence electrons. The van der Waals surface area contributed by atoms with E-state index in [9.17, 15) is 9.59 Å². The van der Waals surface area contributed by atoms with Gasteiger partial charge < -0.3 is 5.32 Å². The first-order valence-electron chi connectivity index (χ1n) is 12.8. The Morgan fingerprint density at radius 2 is 1.67 bits per heavy atom. The number of halogens is 1. The second-order valence-electron chi connectivity index (χ2n) is 9.62. The van der Waals surface area contributed by atoms with Gasteiger partial charge in [-0.1, -0.05) is 80.4 Å². The number of allylic oxidation sites excluding steroid dienone is 1. The first-order chi connectivity index (χ1) is 17.6. The minimum Gasteiger partial charge on any atom is -0.357 e. The lowest BCUT2D eigenvalue weighted by Gasteiger charge is -2.35. The summed E-state index contributed by atoms with van der Waals surface area (Å²) >= 11 is 0. The van der Waals surface area contributed by atoms with Crippen LogP contribution in [0.15, 0.2) is 90.1 Å². The molecule has 2 aliphatic rings. The van der Waals surface area contributed by atoms with Crippen molar-refractivity contribution in [2.45, 2.75) is 57.4 Å². The Balaban J connectivity index is 1.68.